The Kier molecular flexibility index (Phi) is 9.43. The lowest BCUT2D eigenvalue weighted by molar-refractivity contribution is 0.0696. The SMILES string of the molecule is O=C(Nc1cc(C#Cc2ccc(OCc3c(-c4c(Cl)cccc4Cl)noc3C3CC3)cc2Cl)cc(C(=O)O)c1)OCCO. The maximum atomic E-state index is 11.8. The van der Waals surface area contributed by atoms with Crippen LogP contribution in [0.2, 0.25) is 15.1 Å². The molecule has 3 N–H and O–H groups in total. The van der Waals surface area contributed by atoms with Crippen molar-refractivity contribution in [3.63, 3.8) is 0 Å². The molecule has 0 radical (unpaired) electrons. The summed E-state index contributed by atoms with van der Waals surface area (Å²) in [4.78, 5) is 23.4. The predicted octanol–water partition coefficient (Wildman–Crippen LogP) is 7.40. The summed E-state index contributed by atoms with van der Waals surface area (Å²) in [6.45, 7) is -0.399. The highest BCUT2D eigenvalue weighted by Gasteiger charge is 2.33. The number of carboxylic acid groups (broad SMARTS) is 1. The number of benzene rings is 3. The van der Waals surface area contributed by atoms with Crippen LogP contribution in [0.5, 0.6) is 5.75 Å². The second-order valence-corrected chi connectivity index (χ2v) is 10.7. The molecule has 5 rings (SSSR count). The average Bonchev–Trinajstić information content (AvgIpc) is 3.74. The number of carbonyl (C=O) groups excluding carboxylic acids is 1. The smallest absolute Gasteiger partial charge is 0.411 e. The first-order valence-corrected chi connectivity index (χ1v) is 14.2. The Labute approximate surface area is 261 Å². The van der Waals surface area contributed by atoms with Crippen LogP contribution in [0.3, 0.4) is 0 Å². The van der Waals surface area contributed by atoms with Gasteiger partial charge in [0.15, 0.2) is 0 Å². The predicted molar refractivity (Wildman–Crippen MR) is 161 cm³/mol. The van der Waals surface area contributed by atoms with Crippen molar-refractivity contribution >= 4 is 52.6 Å². The molecule has 1 saturated carbocycles. The van der Waals surface area contributed by atoms with Gasteiger partial charge < -0.3 is 24.2 Å². The highest BCUT2D eigenvalue weighted by molar-refractivity contribution is 6.39. The van der Waals surface area contributed by atoms with Gasteiger partial charge in [0, 0.05) is 34.4 Å². The fourth-order valence-corrected chi connectivity index (χ4v) is 5.01. The summed E-state index contributed by atoms with van der Waals surface area (Å²) in [5.74, 6) is 6.09. The topological polar surface area (TPSA) is 131 Å². The van der Waals surface area contributed by atoms with E-state index in [4.69, 9.17) is 53.9 Å². The Balaban J connectivity index is 1.35. The van der Waals surface area contributed by atoms with Crippen LogP contribution in [0.4, 0.5) is 10.5 Å². The molecule has 4 aromatic rings. The number of hydrogen-bond acceptors (Lipinski definition) is 7. The Morgan fingerprint density at radius 1 is 1.02 bits per heavy atom. The molecule has 3 aromatic carbocycles. The zero-order chi connectivity index (χ0) is 30.5. The summed E-state index contributed by atoms with van der Waals surface area (Å²) in [5, 5.41) is 26.2. The molecule has 0 unspecified atom stereocenters. The molecule has 0 spiro atoms. The highest BCUT2D eigenvalue weighted by Crippen LogP contribution is 2.46. The average molecular weight is 642 g/mol. The second-order valence-electron chi connectivity index (χ2n) is 9.51. The number of aliphatic hydroxyl groups excluding tert-OH is 1. The molecule has 0 aliphatic heterocycles. The monoisotopic (exact) mass is 640 g/mol. The van der Waals surface area contributed by atoms with Crippen LogP contribution in [-0.4, -0.2) is 40.6 Å². The molecular formula is C31H23Cl3N2O7. The molecule has 0 saturated heterocycles. The minimum atomic E-state index is -1.20. The number of hydrogen-bond donors (Lipinski definition) is 3. The molecule has 9 nitrogen and oxygen atoms in total. The second kappa shape index (κ2) is 13.4. The van der Waals surface area contributed by atoms with E-state index in [-0.39, 0.29) is 37.0 Å². The van der Waals surface area contributed by atoms with Gasteiger partial charge in [-0.15, -0.1) is 0 Å². The van der Waals surface area contributed by atoms with Crippen LogP contribution in [0.15, 0.2) is 59.1 Å². The van der Waals surface area contributed by atoms with Gasteiger partial charge in [-0.1, -0.05) is 57.9 Å². The zero-order valence-corrected chi connectivity index (χ0v) is 24.6. The van der Waals surface area contributed by atoms with E-state index in [1.54, 1.807) is 36.4 Å². The zero-order valence-electron chi connectivity index (χ0n) is 22.3. The molecule has 1 aromatic heterocycles. The number of rotatable bonds is 9. The lowest BCUT2D eigenvalue weighted by atomic mass is 10.0. The van der Waals surface area contributed by atoms with Crippen LogP contribution < -0.4 is 10.1 Å². The Bertz CT molecular complexity index is 1740. The van der Waals surface area contributed by atoms with Gasteiger partial charge in [0.2, 0.25) is 0 Å². The molecule has 1 amide bonds. The van der Waals surface area contributed by atoms with Gasteiger partial charge in [-0.2, -0.15) is 0 Å². The van der Waals surface area contributed by atoms with Crippen LogP contribution in [0.25, 0.3) is 11.3 Å². The van der Waals surface area contributed by atoms with Crippen molar-refractivity contribution in [1.82, 2.24) is 5.16 Å². The number of aromatic carboxylic acids is 1. The summed E-state index contributed by atoms with van der Waals surface area (Å²) in [6.07, 6.45) is 1.15. The lowest BCUT2D eigenvalue weighted by Gasteiger charge is -2.10. The van der Waals surface area contributed by atoms with Gasteiger partial charge in [-0.25, -0.2) is 9.59 Å². The Morgan fingerprint density at radius 3 is 2.47 bits per heavy atom. The molecular weight excluding hydrogens is 619 g/mol. The van der Waals surface area contributed by atoms with E-state index in [0.717, 1.165) is 24.2 Å². The van der Waals surface area contributed by atoms with E-state index in [9.17, 15) is 14.7 Å². The number of halogens is 3. The summed E-state index contributed by atoms with van der Waals surface area (Å²) in [5.41, 5.74) is 2.75. The molecule has 0 atom stereocenters. The van der Waals surface area contributed by atoms with Gasteiger partial charge in [-0.05, 0) is 55.3 Å². The molecule has 1 aliphatic carbocycles. The van der Waals surface area contributed by atoms with E-state index >= 15 is 0 Å². The van der Waals surface area contributed by atoms with Crippen molar-refractivity contribution in [2.75, 3.05) is 18.5 Å². The van der Waals surface area contributed by atoms with Gasteiger partial charge >= 0.3 is 12.1 Å². The van der Waals surface area contributed by atoms with Gasteiger partial charge in [0.25, 0.3) is 0 Å². The fourth-order valence-electron chi connectivity index (χ4n) is 4.22. The number of aromatic nitrogens is 1. The van der Waals surface area contributed by atoms with E-state index in [1.165, 1.54) is 18.2 Å². The van der Waals surface area contributed by atoms with Gasteiger partial charge in [-0.3, -0.25) is 5.32 Å². The van der Waals surface area contributed by atoms with Crippen molar-refractivity contribution in [1.29, 1.82) is 0 Å². The number of carbonyl (C=O) groups is 2. The van der Waals surface area contributed by atoms with E-state index in [2.05, 4.69) is 22.3 Å². The van der Waals surface area contributed by atoms with E-state index in [0.29, 0.717) is 43.2 Å². The van der Waals surface area contributed by atoms with E-state index < -0.39 is 12.1 Å². The van der Waals surface area contributed by atoms with Crippen molar-refractivity contribution in [2.24, 2.45) is 0 Å². The third-order valence-electron chi connectivity index (χ3n) is 6.38. The molecule has 12 heteroatoms. The molecule has 0 bridgehead atoms. The Hall–Kier alpha value is -4.20. The fraction of sp³-hybridized carbons (Fsp3) is 0.194. The molecule has 1 fully saturated rings. The van der Waals surface area contributed by atoms with Crippen molar-refractivity contribution in [3.8, 4) is 28.8 Å². The van der Waals surface area contributed by atoms with Crippen molar-refractivity contribution < 1.29 is 33.8 Å². The first-order chi connectivity index (χ1) is 20.7. The minimum absolute atomic E-state index is 0.0872. The number of aliphatic hydroxyl groups is 1. The maximum absolute atomic E-state index is 11.8. The number of amides is 1. The third kappa shape index (κ3) is 7.42. The maximum Gasteiger partial charge on any atom is 0.411 e. The standard InChI is InChI=1S/C31H23Cl3N2O7/c32-24-2-1-3-25(33)27(24)28-23(29(43-36-28)19-6-7-19)16-42-22-9-8-18(26(34)15-22)5-4-17-12-20(30(38)39)14-21(13-17)35-31(40)41-11-10-37/h1-3,8-9,12-15,19,37H,6-7,10-11,16H2,(H,35,40)(H,38,39). The van der Waals surface area contributed by atoms with Crippen LogP contribution in [0.1, 0.15) is 51.6 Å². The van der Waals surface area contributed by atoms with Crippen LogP contribution in [-0.2, 0) is 11.3 Å². The van der Waals surface area contributed by atoms with Gasteiger partial charge in [0.05, 0.1) is 32.8 Å². The first kappa shape index (κ1) is 30.3. The summed E-state index contributed by atoms with van der Waals surface area (Å²) >= 11 is 19.4. The molecule has 43 heavy (non-hydrogen) atoms. The van der Waals surface area contributed by atoms with Crippen LogP contribution >= 0.6 is 34.8 Å². The molecule has 220 valence electrons. The highest BCUT2D eigenvalue weighted by atomic mass is 35.5. The van der Waals surface area contributed by atoms with Gasteiger partial charge in [0.1, 0.15) is 30.4 Å². The minimum Gasteiger partial charge on any atom is -0.489 e. The quantitative estimate of drug-likeness (QED) is 0.161. The summed E-state index contributed by atoms with van der Waals surface area (Å²) in [6, 6.07) is 14.4. The number of nitrogens with one attached hydrogen (secondary N) is 1. The van der Waals surface area contributed by atoms with Crippen molar-refractivity contribution in [2.45, 2.75) is 25.4 Å². The van der Waals surface area contributed by atoms with Crippen molar-refractivity contribution in [3.05, 3.63) is 97.7 Å². The number of nitrogens with zero attached hydrogens (tertiary/aromatic N) is 1. The largest absolute Gasteiger partial charge is 0.489 e. The summed E-state index contributed by atoms with van der Waals surface area (Å²) in [7, 11) is 0. The summed E-state index contributed by atoms with van der Waals surface area (Å²) < 4.78 is 16.5. The first-order valence-electron chi connectivity index (χ1n) is 13.0. The number of ether oxygens (including phenoxy) is 2. The normalized spacial score (nSPS) is 12.3. The molecule has 1 heterocycles. The number of carboxylic acids is 1. The lowest BCUT2D eigenvalue weighted by Crippen LogP contribution is -2.16. The third-order valence-corrected chi connectivity index (χ3v) is 7.32. The Morgan fingerprint density at radius 2 is 1.79 bits per heavy atom. The van der Waals surface area contributed by atoms with E-state index in [1.807, 2.05) is 0 Å². The molecule has 1 aliphatic rings. The van der Waals surface area contributed by atoms with Crippen LogP contribution in [0, 0.1) is 11.8 Å². The number of anilines is 1.